The number of ether oxygens (including phenoxy) is 1. The third kappa shape index (κ3) is 4.28. The van der Waals surface area contributed by atoms with Crippen LogP contribution in [0.15, 0.2) is 54.6 Å². The lowest BCUT2D eigenvalue weighted by Crippen LogP contribution is -2.65. The maximum absolute atomic E-state index is 13.0. The minimum absolute atomic E-state index is 0.0644. The van der Waals surface area contributed by atoms with Crippen molar-refractivity contribution in [3.05, 3.63) is 65.7 Å². The average Bonchev–Trinajstić information content (AvgIpc) is 2.72. The van der Waals surface area contributed by atoms with Gasteiger partial charge in [-0.3, -0.25) is 15.0 Å². The topological polar surface area (TPSA) is 129 Å². The predicted molar refractivity (Wildman–Crippen MR) is 109 cm³/mol. The molecule has 152 valence electrons. The lowest BCUT2D eigenvalue weighted by Gasteiger charge is -2.42. The van der Waals surface area contributed by atoms with Gasteiger partial charge in [-0.05, 0) is 29.8 Å². The fourth-order valence-electron chi connectivity index (χ4n) is 3.32. The van der Waals surface area contributed by atoms with E-state index in [-0.39, 0.29) is 18.9 Å². The second kappa shape index (κ2) is 8.42. The summed E-state index contributed by atoms with van der Waals surface area (Å²) in [5, 5.41) is 20.9. The van der Waals surface area contributed by atoms with Crippen LogP contribution in [0.1, 0.15) is 11.1 Å². The quantitative estimate of drug-likeness (QED) is 0.423. The summed E-state index contributed by atoms with van der Waals surface area (Å²) in [6, 6.07) is 15.4. The Hall–Kier alpha value is -3.23. The van der Waals surface area contributed by atoms with Gasteiger partial charge in [0.1, 0.15) is 5.84 Å². The van der Waals surface area contributed by atoms with E-state index in [1.54, 1.807) is 31.3 Å². The van der Waals surface area contributed by atoms with E-state index >= 15 is 0 Å². The minimum atomic E-state index is -1.72. The van der Waals surface area contributed by atoms with Gasteiger partial charge in [-0.2, -0.15) is 0 Å². The number of nitrogens with one attached hydrogen (secondary N) is 2. The first-order valence-corrected chi connectivity index (χ1v) is 9.20. The van der Waals surface area contributed by atoms with Gasteiger partial charge in [-0.25, -0.2) is 0 Å². The van der Waals surface area contributed by atoms with Crippen molar-refractivity contribution in [2.75, 3.05) is 25.5 Å². The van der Waals surface area contributed by atoms with Crippen LogP contribution in [0, 0.1) is 5.41 Å². The highest BCUT2D eigenvalue weighted by atomic mass is 16.5. The molecule has 0 aliphatic carbocycles. The van der Waals surface area contributed by atoms with Crippen molar-refractivity contribution < 1.29 is 19.4 Å². The number of anilines is 1. The summed E-state index contributed by atoms with van der Waals surface area (Å²) in [7, 11) is 1.62. The van der Waals surface area contributed by atoms with Crippen molar-refractivity contribution in [1.82, 2.24) is 4.90 Å². The van der Waals surface area contributed by atoms with Gasteiger partial charge in [-0.1, -0.05) is 30.3 Å². The molecule has 0 saturated carbocycles. The van der Waals surface area contributed by atoms with Crippen LogP contribution in [-0.4, -0.2) is 59.6 Å². The number of nitrogens with two attached hydrogens (primary N) is 1. The first kappa shape index (κ1) is 20.5. The van der Waals surface area contributed by atoms with Crippen LogP contribution in [0.25, 0.3) is 0 Å². The number of hydrogen-bond acceptors (Lipinski definition) is 5. The molecule has 8 heteroatoms. The first-order valence-electron chi connectivity index (χ1n) is 9.20. The van der Waals surface area contributed by atoms with Gasteiger partial charge in [0.25, 0.3) is 11.8 Å². The highest BCUT2D eigenvalue weighted by molar-refractivity contribution is 6.01. The van der Waals surface area contributed by atoms with E-state index in [1.807, 2.05) is 30.3 Å². The van der Waals surface area contributed by atoms with Crippen LogP contribution in [-0.2, 0) is 20.7 Å². The lowest BCUT2D eigenvalue weighted by atomic mass is 9.85. The number of aliphatic hydroxyl groups is 1. The standard InChI is InChI=1S/C21H24N4O4/c1-25-11-12-29-21(20(25)28,13-14-5-3-2-4-6-14)17(26)19(27)24-16-9-7-15(8-10-16)18(22)23/h2-10,17,26H,11-13H2,1H3,(H3,22,23)(H,24,27)/t17?,21-/m1/s1. The largest absolute Gasteiger partial charge is 0.384 e. The number of carbonyl (C=O) groups excluding carboxylic acids is 2. The van der Waals surface area contributed by atoms with E-state index < -0.39 is 23.5 Å². The molecule has 1 aliphatic heterocycles. The Bertz CT molecular complexity index is 901. The van der Waals surface area contributed by atoms with Gasteiger partial charge in [-0.15, -0.1) is 0 Å². The van der Waals surface area contributed by atoms with Crippen LogP contribution in [0.5, 0.6) is 0 Å². The van der Waals surface area contributed by atoms with Crippen molar-refractivity contribution in [3.8, 4) is 0 Å². The fourth-order valence-corrected chi connectivity index (χ4v) is 3.32. The summed E-state index contributed by atoms with van der Waals surface area (Å²) in [5.41, 5.74) is 5.41. The van der Waals surface area contributed by atoms with Gasteiger partial charge in [0.05, 0.1) is 6.61 Å². The van der Waals surface area contributed by atoms with Gasteiger partial charge >= 0.3 is 0 Å². The molecule has 0 spiro atoms. The Morgan fingerprint density at radius 1 is 1.28 bits per heavy atom. The Kier molecular flexibility index (Phi) is 5.95. The fraction of sp³-hybridized carbons (Fsp3) is 0.286. The molecule has 0 bridgehead atoms. The first-order chi connectivity index (χ1) is 13.8. The van der Waals surface area contributed by atoms with Crippen LogP contribution in [0.3, 0.4) is 0 Å². The predicted octanol–water partition coefficient (Wildman–Crippen LogP) is 0.740. The number of nitrogen functional groups attached to an aromatic ring is 1. The van der Waals surface area contributed by atoms with Crippen LogP contribution >= 0.6 is 0 Å². The lowest BCUT2D eigenvalue weighted by molar-refractivity contribution is -0.190. The van der Waals surface area contributed by atoms with Gasteiger partial charge < -0.3 is 25.8 Å². The van der Waals surface area contributed by atoms with Crippen molar-refractivity contribution in [2.24, 2.45) is 5.73 Å². The maximum Gasteiger partial charge on any atom is 0.258 e. The molecule has 2 aromatic carbocycles. The van der Waals surface area contributed by atoms with Crippen molar-refractivity contribution in [1.29, 1.82) is 5.41 Å². The average molecular weight is 396 g/mol. The Morgan fingerprint density at radius 2 is 1.93 bits per heavy atom. The molecule has 0 aromatic heterocycles. The second-order valence-corrected chi connectivity index (χ2v) is 7.01. The monoisotopic (exact) mass is 396 g/mol. The highest BCUT2D eigenvalue weighted by Crippen LogP contribution is 2.29. The molecule has 1 saturated heterocycles. The summed E-state index contributed by atoms with van der Waals surface area (Å²) >= 11 is 0. The van der Waals surface area contributed by atoms with E-state index in [4.69, 9.17) is 15.9 Å². The molecule has 3 rings (SSSR count). The molecule has 1 fully saturated rings. The number of hydrogen-bond donors (Lipinski definition) is 4. The van der Waals surface area contributed by atoms with Crippen LogP contribution in [0.2, 0.25) is 0 Å². The Labute approximate surface area is 168 Å². The summed E-state index contributed by atoms with van der Waals surface area (Å²) in [5.74, 6) is -1.28. The molecule has 2 amide bonds. The molecular weight excluding hydrogens is 372 g/mol. The van der Waals surface area contributed by atoms with Crippen LogP contribution < -0.4 is 11.1 Å². The third-order valence-corrected chi connectivity index (χ3v) is 4.96. The van der Waals surface area contributed by atoms with Crippen LogP contribution in [0.4, 0.5) is 5.69 Å². The number of benzene rings is 2. The number of nitrogens with zero attached hydrogens (tertiary/aromatic N) is 1. The zero-order chi connectivity index (χ0) is 21.0. The van der Waals surface area contributed by atoms with E-state index in [9.17, 15) is 14.7 Å². The SMILES string of the molecule is CN1CCO[C@](Cc2ccccc2)(C(O)C(=O)Nc2ccc(C(=N)N)cc2)C1=O. The van der Waals surface area contributed by atoms with Crippen molar-refractivity contribution in [3.63, 3.8) is 0 Å². The molecule has 8 nitrogen and oxygen atoms in total. The molecule has 29 heavy (non-hydrogen) atoms. The Balaban J connectivity index is 1.85. The summed E-state index contributed by atoms with van der Waals surface area (Å²) in [6.45, 7) is 0.600. The number of carbonyl (C=O) groups is 2. The number of amides is 2. The summed E-state index contributed by atoms with van der Waals surface area (Å²) < 4.78 is 5.78. The number of likely N-dealkylation sites (N-methyl/N-ethyl adjacent to an activating group) is 1. The number of aliphatic hydroxyl groups excluding tert-OH is 1. The van der Waals surface area contributed by atoms with E-state index in [2.05, 4.69) is 5.32 Å². The Morgan fingerprint density at radius 3 is 2.55 bits per heavy atom. The highest BCUT2D eigenvalue weighted by Gasteiger charge is 2.53. The van der Waals surface area contributed by atoms with Gasteiger partial charge in [0, 0.05) is 31.3 Å². The molecule has 2 atom stereocenters. The van der Waals surface area contributed by atoms with E-state index in [1.165, 1.54) is 4.90 Å². The third-order valence-electron chi connectivity index (χ3n) is 4.96. The van der Waals surface area contributed by atoms with Gasteiger partial charge in [0.15, 0.2) is 11.7 Å². The summed E-state index contributed by atoms with van der Waals surface area (Å²) in [6.07, 6.45) is -1.65. The van der Waals surface area contributed by atoms with Crippen molar-refractivity contribution in [2.45, 2.75) is 18.1 Å². The zero-order valence-corrected chi connectivity index (χ0v) is 16.1. The number of amidine groups is 1. The molecule has 2 aromatic rings. The molecule has 1 heterocycles. The maximum atomic E-state index is 13.0. The van der Waals surface area contributed by atoms with Crippen molar-refractivity contribution >= 4 is 23.3 Å². The molecule has 0 radical (unpaired) electrons. The smallest absolute Gasteiger partial charge is 0.258 e. The van der Waals surface area contributed by atoms with Gasteiger partial charge in [0.2, 0.25) is 0 Å². The normalized spacial score (nSPS) is 20.2. The number of morpholine rings is 1. The van der Waals surface area contributed by atoms with E-state index in [0.717, 1.165) is 5.56 Å². The summed E-state index contributed by atoms with van der Waals surface area (Å²) in [4.78, 5) is 27.3. The molecule has 5 N–H and O–H groups in total. The molecule has 1 unspecified atom stereocenters. The second-order valence-electron chi connectivity index (χ2n) is 7.01. The zero-order valence-electron chi connectivity index (χ0n) is 16.1. The molecular formula is C21H24N4O4. The number of rotatable bonds is 6. The molecule has 1 aliphatic rings. The minimum Gasteiger partial charge on any atom is -0.384 e. The van der Waals surface area contributed by atoms with E-state index in [0.29, 0.717) is 17.8 Å².